The van der Waals surface area contributed by atoms with Gasteiger partial charge in [0, 0.05) is 0 Å². The van der Waals surface area contributed by atoms with E-state index in [4.69, 9.17) is 9.47 Å². The topological polar surface area (TPSA) is 69.7 Å². The predicted molar refractivity (Wildman–Crippen MR) is 71.7 cm³/mol. The molecule has 0 aliphatic rings. The molecule has 0 spiro atoms. The minimum Gasteiger partial charge on any atom is -0.458 e. The molecule has 5 nitrogen and oxygen atoms in total. The summed E-state index contributed by atoms with van der Waals surface area (Å²) >= 11 is 0. The molecule has 0 fully saturated rings. The maximum Gasteiger partial charge on any atom is 0.347 e. The van der Waals surface area contributed by atoms with Crippen LogP contribution in [-0.2, 0) is 30.5 Å². The van der Waals surface area contributed by atoms with Crippen LogP contribution in [0.1, 0.15) is 32.3 Å². The standard InChI is InChI=1S/C15H18O5/c1-3-13(20-14(17)9-11(2)16)15(18)19-10-12-7-5-4-6-8-12/h4-8,13H,3,9-10H2,1-2H3/t13-/m0/s1. The van der Waals surface area contributed by atoms with Crippen molar-refractivity contribution in [3.05, 3.63) is 35.9 Å². The van der Waals surface area contributed by atoms with E-state index in [1.54, 1.807) is 6.92 Å². The lowest BCUT2D eigenvalue weighted by molar-refractivity contribution is -0.169. The van der Waals surface area contributed by atoms with Gasteiger partial charge in [-0.1, -0.05) is 37.3 Å². The van der Waals surface area contributed by atoms with Crippen LogP contribution in [0.4, 0.5) is 0 Å². The maximum absolute atomic E-state index is 11.8. The minimum absolute atomic E-state index is 0.125. The lowest BCUT2D eigenvalue weighted by Gasteiger charge is -2.14. The summed E-state index contributed by atoms with van der Waals surface area (Å²) in [6.07, 6.45) is -0.995. The monoisotopic (exact) mass is 278 g/mol. The molecule has 0 unspecified atom stereocenters. The Hall–Kier alpha value is -2.17. The Morgan fingerprint density at radius 1 is 1.15 bits per heavy atom. The third-order valence-electron chi connectivity index (χ3n) is 2.52. The molecule has 0 saturated heterocycles. The van der Waals surface area contributed by atoms with E-state index in [-0.39, 0.29) is 18.8 Å². The van der Waals surface area contributed by atoms with Crippen LogP contribution in [0.15, 0.2) is 30.3 Å². The van der Waals surface area contributed by atoms with E-state index in [0.717, 1.165) is 5.56 Å². The molecule has 1 aromatic rings. The Morgan fingerprint density at radius 2 is 1.80 bits per heavy atom. The predicted octanol–water partition coefficient (Wildman–Crippen LogP) is 2.03. The minimum atomic E-state index is -0.967. The molecule has 0 radical (unpaired) electrons. The third kappa shape index (κ3) is 5.65. The average molecular weight is 278 g/mol. The molecule has 20 heavy (non-hydrogen) atoms. The number of carbonyl (C=O) groups excluding carboxylic acids is 3. The van der Waals surface area contributed by atoms with E-state index in [9.17, 15) is 14.4 Å². The van der Waals surface area contributed by atoms with Gasteiger partial charge >= 0.3 is 11.9 Å². The first-order valence-electron chi connectivity index (χ1n) is 6.42. The molecule has 0 heterocycles. The first-order chi connectivity index (χ1) is 9.52. The van der Waals surface area contributed by atoms with Crippen LogP contribution < -0.4 is 0 Å². The summed E-state index contributed by atoms with van der Waals surface area (Å²) in [7, 11) is 0. The van der Waals surface area contributed by atoms with Crippen molar-refractivity contribution in [2.45, 2.75) is 39.4 Å². The molecule has 0 saturated carbocycles. The number of hydrogen-bond donors (Lipinski definition) is 0. The largest absolute Gasteiger partial charge is 0.458 e. The van der Waals surface area contributed by atoms with Crippen molar-refractivity contribution >= 4 is 17.7 Å². The fourth-order valence-electron chi connectivity index (χ4n) is 1.52. The highest BCUT2D eigenvalue weighted by atomic mass is 16.6. The van der Waals surface area contributed by atoms with Gasteiger partial charge in [0.2, 0.25) is 0 Å². The van der Waals surface area contributed by atoms with Gasteiger partial charge in [0.05, 0.1) is 0 Å². The average Bonchev–Trinajstić information content (AvgIpc) is 2.42. The van der Waals surface area contributed by atoms with Gasteiger partial charge < -0.3 is 9.47 Å². The first-order valence-corrected chi connectivity index (χ1v) is 6.42. The molecule has 0 aromatic heterocycles. The van der Waals surface area contributed by atoms with Crippen molar-refractivity contribution in [2.75, 3.05) is 0 Å². The number of carbonyl (C=O) groups is 3. The second kappa shape index (κ2) is 8.09. The van der Waals surface area contributed by atoms with E-state index in [1.165, 1.54) is 6.92 Å². The molecular weight excluding hydrogens is 260 g/mol. The molecule has 0 aliphatic heterocycles. The molecule has 0 amide bonds. The van der Waals surface area contributed by atoms with Gasteiger partial charge in [0.25, 0.3) is 0 Å². The second-order valence-electron chi connectivity index (χ2n) is 4.36. The number of hydrogen-bond acceptors (Lipinski definition) is 5. The number of Topliss-reactive ketones (excluding diaryl/α,β-unsaturated/α-hetero) is 1. The van der Waals surface area contributed by atoms with Crippen LogP contribution in [0.5, 0.6) is 0 Å². The van der Waals surface area contributed by atoms with E-state index in [0.29, 0.717) is 6.42 Å². The molecule has 0 bridgehead atoms. The third-order valence-corrected chi connectivity index (χ3v) is 2.52. The summed E-state index contributed by atoms with van der Waals surface area (Å²) in [6, 6.07) is 9.20. The molecule has 1 aromatic carbocycles. The van der Waals surface area contributed by atoms with Gasteiger partial charge in [0.1, 0.15) is 18.8 Å². The number of ether oxygens (including phenoxy) is 2. The zero-order chi connectivity index (χ0) is 15.0. The number of ketones is 1. The van der Waals surface area contributed by atoms with Crippen molar-refractivity contribution in [3.8, 4) is 0 Å². The highest BCUT2D eigenvalue weighted by Gasteiger charge is 2.23. The Kier molecular flexibility index (Phi) is 6.43. The van der Waals surface area contributed by atoms with Crippen LogP contribution in [0.3, 0.4) is 0 Å². The fraction of sp³-hybridized carbons (Fsp3) is 0.400. The quantitative estimate of drug-likeness (QED) is 0.564. The van der Waals surface area contributed by atoms with Crippen LogP contribution in [0.2, 0.25) is 0 Å². The fourth-order valence-corrected chi connectivity index (χ4v) is 1.52. The SMILES string of the molecule is CC[C@H](OC(=O)CC(C)=O)C(=O)OCc1ccccc1. The van der Waals surface area contributed by atoms with Crippen LogP contribution in [0.25, 0.3) is 0 Å². The van der Waals surface area contributed by atoms with Gasteiger partial charge in [-0.15, -0.1) is 0 Å². The normalized spacial score (nSPS) is 11.5. The zero-order valence-electron chi connectivity index (χ0n) is 11.6. The van der Waals surface area contributed by atoms with Crippen molar-refractivity contribution in [2.24, 2.45) is 0 Å². The highest BCUT2D eigenvalue weighted by molar-refractivity contribution is 5.95. The lowest BCUT2D eigenvalue weighted by atomic mass is 10.2. The van der Waals surface area contributed by atoms with Gasteiger partial charge in [-0.2, -0.15) is 0 Å². The number of benzene rings is 1. The molecular formula is C15H18O5. The van der Waals surface area contributed by atoms with Crippen molar-refractivity contribution < 1.29 is 23.9 Å². The maximum atomic E-state index is 11.8. The van der Waals surface area contributed by atoms with Crippen molar-refractivity contribution in [1.82, 2.24) is 0 Å². The summed E-state index contributed by atoms with van der Waals surface area (Å²) in [6.45, 7) is 3.12. The van der Waals surface area contributed by atoms with E-state index < -0.39 is 18.0 Å². The summed E-state index contributed by atoms with van der Waals surface area (Å²) < 4.78 is 10.0. The van der Waals surface area contributed by atoms with Crippen LogP contribution in [-0.4, -0.2) is 23.8 Å². The zero-order valence-corrected chi connectivity index (χ0v) is 11.6. The number of esters is 2. The van der Waals surface area contributed by atoms with Crippen LogP contribution >= 0.6 is 0 Å². The van der Waals surface area contributed by atoms with Crippen LogP contribution in [0, 0.1) is 0 Å². The molecule has 5 heteroatoms. The Morgan fingerprint density at radius 3 is 2.35 bits per heavy atom. The van der Waals surface area contributed by atoms with E-state index in [1.807, 2.05) is 30.3 Å². The van der Waals surface area contributed by atoms with Gasteiger partial charge in [-0.05, 0) is 18.9 Å². The molecule has 0 N–H and O–H groups in total. The lowest BCUT2D eigenvalue weighted by Crippen LogP contribution is -2.29. The van der Waals surface area contributed by atoms with Crippen molar-refractivity contribution in [1.29, 1.82) is 0 Å². The smallest absolute Gasteiger partial charge is 0.347 e. The summed E-state index contributed by atoms with van der Waals surface area (Å²) in [5, 5.41) is 0. The summed E-state index contributed by atoms with van der Waals surface area (Å²) in [5.41, 5.74) is 0.853. The highest BCUT2D eigenvalue weighted by Crippen LogP contribution is 2.07. The first kappa shape index (κ1) is 15.9. The molecule has 0 aliphatic carbocycles. The Balaban J connectivity index is 2.46. The van der Waals surface area contributed by atoms with Gasteiger partial charge in [-0.25, -0.2) is 4.79 Å². The van der Waals surface area contributed by atoms with Crippen molar-refractivity contribution in [3.63, 3.8) is 0 Å². The van der Waals surface area contributed by atoms with E-state index >= 15 is 0 Å². The Bertz CT molecular complexity index is 466. The summed E-state index contributed by atoms with van der Waals surface area (Å²) in [5.74, 6) is -1.61. The van der Waals surface area contributed by atoms with Gasteiger partial charge in [-0.3, -0.25) is 9.59 Å². The molecule has 1 atom stereocenters. The van der Waals surface area contributed by atoms with E-state index in [2.05, 4.69) is 0 Å². The van der Waals surface area contributed by atoms with Gasteiger partial charge in [0.15, 0.2) is 6.10 Å². The second-order valence-corrected chi connectivity index (χ2v) is 4.36. The number of rotatable bonds is 7. The Labute approximate surface area is 117 Å². The molecule has 108 valence electrons. The summed E-state index contributed by atoms with van der Waals surface area (Å²) in [4.78, 5) is 33.9. The molecule has 1 rings (SSSR count).